The molecular weight excluding hydrogens is 392 g/mol. The van der Waals surface area contributed by atoms with Crippen LogP contribution in [0.4, 0.5) is 0 Å². The summed E-state index contributed by atoms with van der Waals surface area (Å²) in [6, 6.07) is 9.36. The third kappa shape index (κ3) is 6.79. The highest BCUT2D eigenvalue weighted by molar-refractivity contribution is 5.91. The fourth-order valence-corrected chi connectivity index (χ4v) is 3.15. The fraction of sp³-hybridized carbons (Fsp3) is 0.458. The fourth-order valence-electron chi connectivity index (χ4n) is 3.15. The molecule has 0 aliphatic heterocycles. The van der Waals surface area contributed by atoms with Crippen molar-refractivity contribution in [1.82, 2.24) is 15.2 Å². The van der Waals surface area contributed by atoms with E-state index in [1.807, 2.05) is 58.9 Å². The van der Waals surface area contributed by atoms with Crippen molar-refractivity contribution in [2.75, 3.05) is 7.11 Å². The Morgan fingerprint density at radius 2 is 1.81 bits per heavy atom. The summed E-state index contributed by atoms with van der Waals surface area (Å²) in [5, 5.41) is 3.00. The van der Waals surface area contributed by atoms with E-state index in [1.54, 1.807) is 36.5 Å². The first-order valence-electron chi connectivity index (χ1n) is 10.4. The van der Waals surface area contributed by atoms with Gasteiger partial charge in [0.05, 0.1) is 13.2 Å². The number of rotatable bonds is 8. The average Bonchev–Trinajstić information content (AvgIpc) is 2.72. The highest BCUT2D eigenvalue weighted by atomic mass is 16.5. The van der Waals surface area contributed by atoms with Crippen LogP contribution in [0.3, 0.4) is 0 Å². The van der Waals surface area contributed by atoms with Crippen molar-refractivity contribution in [2.24, 2.45) is 11.7 Å². The first kappa shape index (κ1) is 24.3. The molecule has 0 aliphatic rings. The molecule has 0 spiro atoms. The Morgan fingerprint density at radius 3 is 2.29 bits per heavy atom. The largest absolute Gasteiger partial charge is 0.497 e. The van der Waals surface area contributed by atoms with Crippen LogP contribution < -0.4 is 15.8 Å². The second kappa shape index (κ2) is 10.4. The zero-order valence-corrected chi connectivity index (χ0v) is 19.3. The first-order valence-corrected chi connectivity index (χ1v) is 10.4. The van der Waals surface area contributed by atoms with Gasteiger partial charge in [0.15, 0.2) is 0 Å². The van der Waals surface area contributed by atoms with E-state index < -0.39 is 17.6 Å². The molecule has 1 aromatic heterocycles. The summed E-state index contributed by atoms with van der Waals surface area (Å²) in [5.74, 6) is 0.0722. The van der Waals surface area contributed by atoms with E-state index in [2.05, 4.69) is 10.3 Å². The SMILES string of the molecule is COc1ccc(CN(C(=O)[C@H](N)C(C)C)C(C(=O)NC(C)(C)C)c2cccnc2)cc1. The predicted molar refractivity (Wildman–Crippen MR) is 121 cm³/mol. The average molecular weight is 427 g/mol. The molecule has 1 aromatic carbocycles. The molecule has 1 unspecified atom stereocenters. The number of hydrogen-bond acceptors (Lipinski definition) is 5. The molecule has 2 rings (SSSR count). The second-order valence-electron chi connectivity index (χ2n) is 9.01. The summed E-state index contributed by atoms with van der Waals surface area (Å²) in [4.78, 5) is 32.6. The molecule has 2 aromatic rings. The molecule has 0 bridgehead atoms. The van der Waals surface area contributed by atoms with Crippen LogP contribution in [0.5, 0.6) is 5.75 Å². The van der Waals surface area contributed by atoms with Crippen molar-refractivity contribution in [1.29, 1.82) is 0 Å². The molecule has 0 saturated heterocycles. The van der Waals surface area contributed by atoms with E-state index >= 15 is 0 Å². The maximum atomic E-state index is 13.5. The third-order valence-corrected chi connectivity index (χ3v) is 4.86. The molecule has 0 fully saturated rings. The monoisotopic (exact) mass is 426 g/mol. The lowest BCUT2D eigenvalue weighted by Crippen LogP contribution is -2.53. The Kier molecular flexibility index (Phi) is 8.16. The Hall–Kier alpha value is -2.93. The zero-order chi connectivity index (χ0) is 23.2. The van der Waals surface area contributed by atoms with Gasteiger partial charge in [-0.2, -0.15) is 0 Å². The Morgan fingerprint density at radius 1 is 1.16 bits per heavy atom. The van der Waals surface area contributed by atoms with Crippen molar-refractivity contribution >= 4 is 11.8 Å². The molecule has 2 amide bonds. The summed E-state index contributed by atoms with van der Waals surface area (Å²) in [5.41, 5.74) is 7.27. The van der Waals surface area contributed by atoms with Crippen LogP contribution in [0, 0.1) is 5.92 Å². The van der Waals surface area contributed by atoms with Crippen molar-refractivity contribution < 1.29 is 14.3 Å². The Balaban J connectivity index is 2.52. The van der Waals surface area contributed by atoms with Crippen LogP contribution in [0.1, 0.15) is 51.8 Å². The lowest BCUT2D eigenvalue weighted by atomic mass is 9.98. The number of hydrogen-bond donors (Lipinski definition) is 2. The van der Waals surface area contributed by atoms with E-state index in [4.69, 9.17) is 10.5 Å². The molecule has 168 valence electrons. The topological polar surface area (TPSA) is 97.5 Å². The Labute approximate surface area is 185 Å². The summed E-state index contributed by atoms with van der Waals surface area (Å²) >= 11 is 0. The molecule has 0 saturated carbocycles. The summed E-state index contributed by atoms with van der Waals surface area (Å²) < 4.78 is 5.23. The first-order chi connectivity index (χ1) is 14.5. The minimum atomic E-state index is -0.868. The standard InChI is InChI=1S/C24H34N4O3/c1-16(2)20(25)23(30)28(15-17-9-11-19(31-6)12-10-17)21(18-8-7-13-26-14-18)22(29)27-24(3,4)5/h7-14,16,20-21H,15,25H2,1-6H3,(H,27,29)/t20-,21?/m1/s1. The van der Waals surface area contributed by atoms with Crippen LogP contribution in [0.25, 0.3) is 0 Å². The number of benzene rings is 1. The number of aromatic nitrogens is 1. The number of pyridine rings is 1. The van der Waals surface area contributed by atoms with Crippen molar-refractivity contribution in [3.63, 3.8) is 0 Å². The number of methoxy groups -OCH3 is 1. The van der Waals surface area contributed by atoms with Gasteiger partial charge in [0.1, 0.15) is 11.8 Å². The van der Waals surface area contributed by atoms with E-state index in [9.17, 15) is 9.59 Å². The van der Waals surface area contributed by atoms with Crippen LogP contribution in [0.2, 0.25) is 0 Å². The second-order valence-corrected chi connectivity index (χ2v) is 9.01. The van der Waals surface area contributed by atoms with Gasteiger partial charge in [-0.05, 0) is 50.5 Å². The van der Waals surface area contributed by atoms with Crippen molar-refractivity contribution in [2.45, 2.75) is 58.8 Å². The molecule has 1 heterocycles. The summed E-state index contributed by atoms with van der Waals surface area (Å²) in [6.45, 7) is 9.72. The molecule has 2 atom stereocenters. The van der Waals surface area contributed by atoms with Crippen LogP contribution in [-0.4, -0.2) is 40.4 Å². The molecule has 0 radical (unpaired) electrons. The smallest absolute Gasteiger partial charge is 0.247 e. The lowest BCUT2D eigenvalue weighted by molar-refractivity contribution is -0.144. The number of ether oxygens (including phenoxy) is 1. The summed E-state index contributed by atoms with van der Waals surface area (Å²) in [6.07, 6.45) is 3.25. The van der Waals surface area contributed by atoms with Gasteiger partial charge in [0.2, 0.25) is 11.8 Å². The van der Waals surface area contributed by atoms with Gasteiger partial charge < -0.3 is 20.7 Å². The highest BCUT2D eigenvalue weighted by Gasteiger charge is 2.36. The minimum Gasteiger partial charge on any atom is -0.497 e. The van der Waals surface area contributed by atoms with Gasteiger partial charge in [-0.15, -0.1) is 0 Å². The molecule has 7 heteroatoms. The molecule has 31 heavy (non-hydrogen) atoms. The number of nitrogens with one attached hydrogen (secondary N) is 1. The molecule has 3 N–H and O–H groups in total. The summed E-state index contributed by atoms with van der Waals surface area (Å²) in [7, 11) is 1.60. The van der Waals surface area contributed by atoms with E-state index in [-0.39, 0.29) is 24.3 Å². The zero-order valence-electron chi connectivity index (χ0n) is 19.3. The number of nitrogens with two attached hydrogens (primary N) is 1. The van der Waals surface area contributed by atoms with Crippen LogP contribution >= 0.6 is 0 Å². The van der Waals surface area contributed by atoms with Crippen molar-refractivity contribution in [3.8, 4) is 5.75 Å². The van der Waals surface area contributed by atoms with Gasteiger partial charge >= 0.3 is 0 Å². The lowest BCUT2D eigenvalue weighted by Gasteiger charge is -2.35. The van der Waals surface area contributed by atoms with Gasteiger partial charge in [0.25, 0.3) is 0 Å². The molecular formula is C24H34N4O3. The Bertz CT molecular complexity index is 861. The minimum absolute atomic E-state index is 0.0777. The van der Waals surface area contributed by atoms with E-state index in [0.717, 1.165) is 11.3 Å². The van der Waals surface area contributed by atoms with E-state index in [1.165, 1.54) is 0 Å². The predicted octanol–water partition coefficient (Wildman–Crippen LogP) is 3.06. The number of carbonyl (C=O) groups is 2. The normalized spacial score (nSPS) is 13.4. The van der Waals surface area contributed by atoms with Gasteiger partial charge in [-0.1, -0.05) is 32.0 Å². The number of amides is 2. The maximum Gasteiger partial charge on any atom is 0.247 e. The number of carbonyl (C=O) groups excluding carboxylic acids is 2. The third-order valence-electron chi connectivity index (χ3n) is 4.86. The van der Waals surface area contributed by atoms with Crippen LogP contribution in [0.15, 0.2) is 48.8 Å². The van der Waals surface area contributed by atoms with Gasteiger partial charge in [-0.25, -0.2) is 0 Å². The van der Waals surface area contributed by atoms with Crippen LogP contribution in [-0.2, 0) is 16.1 Å². The quantitative estimate of drug-likeness (QED) is 0.676. The maximum absolute atomic E-state index is 13.5. The van der Waals surface area contributed by atoms with E-state index in [0.29, 0.717) is 5.56 Å². The number of nitrogens with zero attached hydrogens (tertiary/aromatic N) is 2. The molecule has 0 aliphatic carbocycles. The van der Waals surface area contributed by atoms with Gasteiger partial charge in [-0.3, -0.25) is 14.6 Å². The molecule has 7 nitrogen and oxygen atoms in total. The highest BCUT2D eigenvalue weighted by Crippen LogP contribution is 2.26. The van der Waals surface area contributed by atoms with Gasteiger partial charge in [0, 0.05) is 30.0 Å². The van der Waals surface area contributed by atoms with Crippen molar-refractivity contribution in [3.05, 3.63) is 59.9 Å².